The SMILES string of the molecule is C[C@H](/C=C(/F)[C@H](C)NC(=O)[C@H](Cc1ccccc1)NC(=O)CNC(=O)OCc1ccccc1)C(=O)O. The molecule has 192 valence electrons. The third-order valence-electron chi connectivity index (χ3n) is 5.11. The van der Waals surface area contributed by atoms with Gasteiger partial charge in [0.2, 0.25) is 11.8 Å². The zero-order valence-corrected chi connectivity index (χ0v) is 20.1. The first-order chi connectivity index (χ1) is 17.2. The van der Waals surface area contributed by atoms with Gasteiger partial charge in [-0.3, -0.25) is 14.4 Å². The minimum absolute atomic E-state index is 0.0325. The molecule has 0 fully saturated rings. The highest BCUT2D eigenvalue weighted by Gasteiger charge is 2.24. The highest BCUT2D eigenvalue weighted by atomic mass is 19.1. The van der Waals surface area contributed by atoms with E-state index in [4.69, 9.17) is 9.84 Å². The van der Waals surface area contributed by atoms with Crippen molar-refractivity contribution < 1.29 is 33.4 Å². The number of hydrogen-bond donors (Lipinski definition) is 4. The minimum atomic E-state index is -1.20. The maximum atomic E-state index is 14.4. The van der Waals surface area contributed by atoms with Gasteiger partial charge < -0.3 is 25.8 Å². The number of aliphatic carboxylic acids is 1. The molecule has 0 aromatic heterocycles. The van der Waals surface area contributed by atoms with Crippen molar-refractivity contribution in [2.75, 3.05) is 6.54 Å². The second-order valence-electron chi connectivity index (χ2n) is 8.13. The fourth-order valence-corrected chi connectivity index (χ4v) is 3.07. The van der Waals surface area contributed by atoms with Gasteiger partial charge in [-0.05, 0) is 31.1 Å². The van der Waals surface area contributed by atoms with Crippen molar-refractivity contribution in [1.29, 1.82) is 0 Å². The Balaban J connectivity index is 1.96. The maximum absolute atomic E-state index is 14.4. The summed E-state index contributed by atoms with van der Waals surface area (Å²) < 4.78 is 19.4. The van der Waals surface area contributed by atoms with Crippen LogP contribution in [0.5, 0.6) is 0 Å². The Bertz CT molecular complexity index is 1060. The zero-order valence-electron chi connectivity index (χ0n) is 20.1. The summed E-state index contributed by atoms with van der Waals surface area (Å²) in [4.78, 5) is 48.2. The molecule has 0 saturated heterocycles. The molecule has 36 heavy (non-hydrogen) atoms. The summed E-state index contributed by atoms with van der Waals surface area (Å²) in [6.45, 7) is 2.27. The van der Waals surface area contributed by atoms with E-state index >= 15 is 0 Å². The van der Waals surface area contributed by atoms with Gasteiger partial charge in [0, 0.05) is 6.42 Å². The molecular weight excluding hydrogens is 469 g/mol. The van der Waals surface area contributed by atoms with E-state index in [2.05, 4.69) is 16.0 Å². The second-order valence-corrected chi connectivity index (χ2v) is 8.13. The van der Waals surface area contributed by atoms with Gasteiger partial charge in [-0.15, -0.1) is 0 Å². The van der Waals surface area contributed by atoms with Crippen molar-refractivity contribution in [3.63, 3.8) is 0 Å². The number of halogens is 1. The first kappa shape index (κ1) is 28.0. The number of alkyl carbamates (subject to hydrolysis) is 1. The number of hydrogen-bond acceptors (Lipinski definition) is 5. The second kappa shape index (κ2) is 14.2. The predicted octanol–water partition coefficient (Wildman–Crippen LogP) is 2.72. The molecule has 2 rings (SSSR count). The van der Waals surface area contributed by atoms with E-state index in [1.807, 2.05) is 6.07 Å². The number of benzene rings is 2. The van der Waals surface area contributed by atoms with Crippen LogP contribution < -0.4 is 16.0 Å². The van der Waals surface area contributed by atoms with Gasteiger partial charge in [0.05, 0.1) is 12.0 Å². The average Bonchev–Trinajstić information content (AvgIpc) is 2.86. The zero-order chi connectivity index (χ0) is 26.5. The van der Waals surface area contributed by atoms with Crippen LogP contribution in [0.3, 0.4) is 0 Å². The predicted molar refractivity (Wildman–Crippen MR) is 130 cm³/mol. The minimum Gasteiger partial charge on any atom is -0.481 e. The van der Waals surface area contributed by atoms with Crippen LogP contribution in [-0.2, 0) is 32.1 Å². The Hall–Kier alpha value is -4.21. The first-order valence-corrected chi connectivity index (χ1v) is 11.3. The fraction of sp³-hybridized carbons (Fsp3) is 0.308. The Kier molecular flexibility index (Phi) is 11.1. The molecule has 0 aliphatic rings. The molecule has 0 spiro atoms. The van der Waals surface area contributed by atoms with Gasteiger partial charge in [0.15, 0.2) is 0 Å². The van der Waals surface area contributed by atoms with Crippen LogP contribution in [0.15, 0.2) is 72.6 Å². The van der Waals surface area contributed by atoms with E-state index in [9.17, 15) is 23.6 Å². The molecule has 2 aromatic carbocycles. The Labute approximate surface area is 208 Å². The summed E-state index contributed by atoms with van der Waals surface area (Å²) in [5.41, 5.74) is 1.53. The lowest BCUT2D eigenvalue weighted by molar-refractivity contribution is -0.139. The van der Waals surface area contributed by atoms with Crippen LogP contribution in [0, 0.1) is 5.92 Å². The summed E-state index contributed by atoms with van der Waals surface area (Å²) >= 11 is 0. The third kappa shape index (κ3) is 9.96. The molecule has 0 radical (unpaired) electrons. The van der Waals surface area contributed by atoms with Crippen molar-refractivity contribution in [1.82, 2.24) is 16.0 Å². The number of carbonyl (C=O) groups is 4. The number of carboxylic acids is 1. The van der Waals surface area contributed by atoms with E-state index in [-0.39, 0.29) is 13.0 Å². The number of nitrogens with one attached hydrogen (secondary N) is 3. The topological polar surface area (TPSA) is 134 Å². The number of ether oxygens (including phenoxy) is 1. The molecule has 0 unspecified atom stereocenters. The van der Waals surface area contributed by atoms with Crippen molar-refractivity contribution in [2.45, 2.75) is 39.0 Å². The van der Waals surface area contributed by atoms with Crippen molar-refractivity contribution in [2.24, 2.45) is 5.92 Å². The number of carboxylic acid groups (broad SMARTS) is 1. The quantitative estimate of drug-likeness (QED) is 0.355. The smallest absolute Gasteiger partial charge is 0.407 e. The van der Waals surface area contributed by atoms with Gasteiger partial charge in [-0.2, -0.15) is 0 Å². The lowest BCUT2D eigenvalue weighted by atomic mass is 10.0. The van der Waals surface area contributed by atoms with Gasteiger partial charge in [-0.1, -0.05) is 60.7 Å². The Morgan fingerprint density at radius 1 is 0.944 bits per heavy atom. The molecule has 2 aromatic rings. The average molecular weight is 500 g/mol. The summed E-state index contributed by atoms with van der Waals surface area (Å²) in [6, 6.07) is 15.7. The van der Waals surface area contributed by atoms with E-state index in [1.54, 1.807) is 54.6 Å². The maximum Gasteiger partial charge on any atom is 0.407 e. The molecular formula is C26H30FN3O6. The van der Waals surface area contributed by atoms with Crippen LogP contribution in [0.2, 0.25) is 0 Å². The highest BCUT2D eigenvalue weighted by Crippen LogP contribution is 2.11. The van der Waals surface area contributed by atoms with Crippen LogP contribution in [0.4, 0.5) is 9.18 Å². The van der Waals surface area contributed by atoms with Gasteiger partial charge in [0.25, 0.3) is 0 Å². The largest absolute Gasteiger partial charge is 0.481 e. The molecule has 0 aliphatic heterocycles. The summed E-state index contributed by atoms with van der Waals surface area (Å²) in [6.07, 6.45) is 0.218. The molecule has 0 heterocycles. The lowest BCUT2D eigenvalue weighted by Crippen LogP contribution is -2.52. The fourth-order valence-electron chi connectivity index (χ4n) is 3.07. The standard InChI is InChI=1S/C26H30FN3O6/c1-17(25(33)34)13-21(27)18(2)29-24(32)22(14-19-9-5-3-6-10-19)30-23(31)15-28-26(35)36-16-20-11-7-4-8-12-20/h3-13,17-18,22H,14-16H2,1-2H3,(H,28,35)(H,29,32)(H,30,31)(H,33,34)/b21-13+/t17-,18+,22+/m1/s1. The van der Waals surface area contributed by atoms with Crippen LogP contribution in [-0.4, -0.2) is 47.6 Å². The van der Waals surface area contributed by atoms with E-state index < -0.39 is 54.3 Å². The summed E-state index contributed by atoms with van der Waals surface area (Å²) in [5, 5.41) is 16.3. The molecule has 0 aliphatic carbocycles. The molecule has 0 bridgehead atoms. The highest BCUT2D eigenvalue weighted by molar-refractivity contribution is 5.90. The lowest BCUT2D eigenvalue weighted by Gasteiger charge is -2.21. The van der Waals surface area contributed by atoms with Crippen LogP contribution in [0.25, 0.3) is 0 Å². The third-order valence-corrected chi connectivity index (χ3v) is 5.11. The van der Waals surface area contributed by atoms with Gasteiger partial charge in [0.1, 0.15) is 25.0 Å². The molecule has 3 amide bonds. The number of carbonyl (C=O) groups excluding carboxylic acids is 3. The summed E-state index contributed by atoms with van der Waals surface area (Å²) in [7, 11) is 0. The van der Waals surface area contributed by atoms with Crippen LogP contribution in [0.1, 0.15) is 25.0 Å². The van der Waals surface area contributed by atoms with E-state index in [1.165, 1.54) is 13.8 Å². The first-order valence-electron chi connectivity index (χ1n) is 11.3. The van der Waals surface area contributed by atoms with Crippen molar-refractivity contribution in [3.8, 4) is 0 Å². The summed E-state index contributed by atoms with van der Waals surface area (Å²) in [5.74, 6) is -4.40. The Morgan fingerprint density at radius 2 is 1.53 bits per heavy atom. The number of rotatable bonds is 12. The molecule has 4 N–H and O–H groups in total. The normalized spacial score (nSPS) is 13.6. The van der Waals surface area contributed by atoms with Gasteiger partial charge >= 0.3 is 12.1 Å². The van der Waals surface area contributed by atoms with Crippen molar-refractivity contribution in [3.05, 3.63) is 83.7 Å². The van der Waals surface area contributed by atoms with Crippen molar-refractivity contribution >= 4 is 23.9 Å². The molecule has 9 nitrogen and oxygen atoms in total. The monoisotopic (exact) mass is 499 g/mol. The molecule has 10 heteroatoms. The van der Waals surface area contributed by atoms with Gasteiger partial charge in [-0.25, -0.2) is 9.18 Å². The molecule has 0 saturated carbocycles. The molecule has 3 atom stereocenters. The van der Waals surface area contributed by atoms with E-state index in [0.717, 1.165) is 17.2 Å². The number of amides is 3. The van der Waals surface area contributed by atoms with E-state index in [0.29, 0.717) is 0 Å². The van der Waals surface area contributed by atoms with Crippen LogP contribution >= 0.6 is 0 Å². The Morgan fingerprint density at radius 3 is 2.11 bits per heavy atom.